The van der Waals surface area contributed by atoms with E-state index in [1.807, 2.05) is 0 Å². The summed E-state index contributed by atoms with van der Waals surface area (Å²) in [4.78, 5) is 4.81. The van der Waals surface area contributed by atoms with E-state index in [0.29, 0.717) is 5.88 Å². The van der Waals surface area contributed by atoms with Crippen molar-refractivity contribution in [1.29, 1.82) is 0 Å². The van der Waals surface area contributed by atoms with Crippen molar-refractivity contribution in [3.8, 4) is 0 Å². The highest BCUT2D eigenvalue weighted by Gasteiger charge is 2.22. The molecule has 3 nitrogen and oxygen atoms in total. The van der Waals surface area contributed by atoms with Crippen LogP contribution in [0.3, 0.4) is 0 Å². The molecule has 0 aliphatic carbocycles. The summed E-state index contributed by atoms with van der Waals surface area (Å²) in [5.74, 6) is 1.68. The number of hydrogen-bond acceptors (Lipinski definition) is 2. The van der Waals surface area contributed by atoms with E-state index < -0.39 is 0 Å². The quantitative estimate of drug-likeness (QED) is 0.717. The van der Waals surface area contributed by atoms with Crippen LogP contribution in [0, 0.1) is 12.3 Å². The topological polar surface area (TPSA) is 27.1 Å². The maximum absolute atomic E-state index is 5.96. The number of benzene rings is 1. The van der Waals surface area contributed by atoms with E-state index in [2.05, 4.69) is 43.5 Å². The van der Waals surface area contributed by atoms with E-state index in [1.165, 1.54) is 11.1 Å². The van der Waals surface area contributed by atoms with Gasteiger partial charge in [0.25, 0.3) is 0 Å². The zero-order chi connectivity index (χ0) is 15.5. The predicted molar refractivity (Wildman–Crippen MR) is 89.2 cm³/mol. The van der Waals surface area contributed by atoms with E-state index >= 15 is 0 Å². The number of hydrogen-bond donors (Lipinski definition) is 0. The molecular weight excluding hydrogens is 284 g/mol. The molecule has 2 aromatic rings. The van der Waals surface area contributed by atoms with Gasteiger partial charge in [-0.3, -0.25) is 0 Å². The Labute approximate surface area is 132 Å². The van der Waals surface area contributed by atoms with Gasteiger partial charge < -0.3 is 9.30 Å². The molecule has 0 N–H and O–H groups in total. The first-order valence-corrected chi connectivity index (χ1v) is 8.01. The highest BCUT2D eigenvalue weighted by atomic mass is 35.5. The minimum atomic E-state index is 0.161. The van der Waals surface area contributed by atoms with Crippen LogP contribution in [0.25, 0.3) is 11.0 Å². The number of methoxy groups -OCH3 is 1. The highest BCUT2D eigenvalue weighted by molar-refractivity contribution is 6.17. The molecule has 0 bridgehead atoms. The summed E-state index contributed by atoms with van der Waals surface area (Å²) >= 11 is 5.96. The fraction of sp³-hybridized carbons (Fsp3) is 0.588. The summed E-state index contributed by atoms with van der Waals surface area (Å²) in [7, 11) is 1.75. The number of fused-ring (bicyclic) bond motifs is 1. The SMILES string of the molecule is COCCC(C)(C)Cn1c(CCCl)nc2c(C)cccc21. The van der Waals surface area contributed by atoms with Gasteiger partial charge in [-0.1, -0.05) is 26.0 Å². The Balaban J connectivity index is 2.40. The summed E-state index contributed by atoms with van der Waals surface area (Å²) in [6, 6.07) is 6.36. The Kier molecular flexibility index (Phi) is 5.28. The lowest BCUT2D eigenvalue weighted by atomic mass is 9.89. The Hall–Kier alpha value is -1.06. The molecule has 0 unspecified atom stereocenters. The summed E-state index contributed by atoms with van der Waals surface area (Å²) in [6.07, 6.45) is 1.82. The minimum absolute atomic E-state index is 0.161. The van der Waals surface area contributed by atoms with Crippen LogP contribution in [-0.4, -0.2) is 29.1 Å². The predicted octanol–water partition coefficient (Wildman–Crippen LogP) is 4.19. The van der Waals surface area contributed by atoms with Gasteiger partial charge in [-0.05, 0) is 30.4 Å². The van der Waals surface area contributed by atoms with Crippen molar-refractivity contribution >= 4 is 22.6 Å². The van der Waals surface area contributed by atoms with Crippen molar-refractivity contribution in [2.24, 2.45) is 5.41 Å². The first-order chi connectivity index (χ1) is 9.98. The number of aromatic nitrogens is 2. The molecule has 2 rings (SSSR count). The number of para-hydroxylation sites is 1. The van der Waals surface area contributed by atoms with E-state index in [9.17, 15) is 0 Å². The summed E-state index contributed by atoms with van der Waals surface area (Å²) < 4.78 is 7.57. The molecule has 0 atom stereocenters. The molecule has 1 heterocycles. The van der Waals surface area contributed by atoms with Crippen molar-refractivity contribution in [3.05, 3.63) is 29.6 Å². The first kappa shape index (κ1) is 16.3. The van der Waals surface area contributed by atoms with Gasteiger partial charge in [-0.2, -0.15) is 0 Å². The van der Waals surface area contributed by atoms with Gasteiger partial charge in [0.05, 0.1) is 11.0 Å². The normalized spacial score (nSPS) is 12.2. The Morgan fingerprint density at radius 3 is 2.76 bits per heavy atom. The van der Waals surface area contributed by atoms with Crippen LogP contribution >= 0.6 is 11.6 Å². The molecule has 0 spiro atoms. The van der Waals surface area contributed by atoms with Crippen molar-refractivity contribution in [2.75, 3.05) is 19.6 Å². The van der Waals surface area contributed by atoms with Crippen LogP contribution < -0.4 is 0 Å². The third-order valence-electron chi connectivity index (χ3n) is 3.95. The number of rotatable bonds is 7. The lowest BCUT2D eigenvalue weighted by Gasteiger charge is -2.26. The second kappa shape index (κ2) is 6.80. The van der Waals surface area contributed by atoms with Gasteiger partial charge in [0.15, 0.2) is 0 Å². The molecule has 0 aliphatic heterocycles. The van der Waals surface area contributed by atoms with Gasteiger partial charge in [-0.25, -0.2) is 4.98 Å². The van der Waals surface area contributed by atoms with Crippen LogP contribution in [0.2, 0.25) is 0 Å². The minimum Gasteiger partial charge on any atom is -0.385 e. The number of aryl methyl sites for hydroxylation is 2. The van der Waals surface area contributed by atoms with E-state index in [4.69, 9.17) is 21.3 Å². The standard InChI is InChI=1S/C17H25ClN2O/c1-13-6-5-7-14-16(13)19-15(8-10-18)20(14)12-17(2,3)9-11-21-4/h5-7H,8-12H2,1-4H3. The van der Waals surface area contributed by atoms with Gasteiger partial charge in [0.2, 0.25) is 0 Å². The molecule has 0 saturated carbocycles. The number of alkyl halides is 1. The Bertz CT molecular complexity index is 604. The molecule has 4 heteroatoms. The summed E-state index contributed by atoms with van der Waals surface area (Å²) in [5.41, 5.74) is 3.69. The molecule has 1 aromatic heterocycles. The third kappa shape index (κ3) is 3.78. The summed E-state index contributed by atoms with van der Waals surface area (Å²) in [6.45, 7) is 8.38. The molecule has 116 valence electrons. The van der Waals surface area contributed by atoms with Crippen LogP contribution in [0.15, 0.2) is 18.2 Å². The van der Waals surface area contributed by atoms with E-state index in [0.717, 1.165) is 37.3 Å². The monoisotopic (exact) mass is 308 g/mol. The van der Waals surface area contributed by atoms with Gasteiger partial charge >= 0.3 is 0 Å². The van der Waals surface area contributed by atoms with Crippen molar-refractivity contribution in [3.63, 3.8) is 0 Å². The second-order valence-corrected chi connectivity index (χ2v) is 6.78. The van der Waals surface area contributed by atoms with Crippen molar-refractivity contribution < 1.29 is 4.74 Å². The van der Waals surface area contributed by atoms with E-state index in [1.54, 1.807) is 7.11 Å². The zero-order valence-corrected chi connectivity index (χ0v) is 14.2. The van der Waals surface area contributed by atoms with Crippen molar-refractivity contribution in [2.45, 2.75) is 40.2 Å². The van der Waals surface area contributed by atoms with Crippen LogP contribution in [0.4, 0.5) is 0 Å². The molecule has 1 aromatic carbocycles. The van der Waals surface area contributed by atoms with Crippen LogP contribution in [-0.2, 0) is 17.7 Å². The number of nitrogens with zero attached hydrogens (tertiary/aromatic N) is 2. The third-order valence-corrected chi connectivity index (χ3v) is 4.14. The second-order valence-electron chi connectivity index (χ2n) is 6.40. The molecule has 0 fully saturated rings. The van der Waals surface area contributed by atoms with Crippen LogP contribution in [0.5, 0.6) is 0 Å². The smallest absolute Gasteiger partial charge is 0.111 e. The van der Waals surface area contributed by atoms with Crippen LogP contribution in [0.1, 0.15) is 31.7 Å². The summed E-state index contributed by atoms with van der Waals surface area (Å²) in [5, 5.41) is 0. The highest BCUT2D eigenvalue weighted by Crippen LogP contribution is 2.28. The lowest BCUT2D eigenvalue weighted by molar-refractivity contribution is 0.142. The van der Waals surface area contributed by atoms with Gasteiger partial charge in [0.1, 0.15) is 5.82 Å². The fourth-order valence-corrected chi connectivity index (χ4v) is 2.84. The lowest BCUT2D eigenvalue weighted by Crippen LogP contribution is -2.23. The average Bonchev–Trinajstić information content (AvgIpc) is 2.77. The maximum Gasteiger partial charge on any atom is 0.111 e. The van der Waals surface area contributed by atoms with Gasteiger partial charge in [0, 0.05) is 32.6 Å². The van der Waals surface area contributed by atoms with Crippen molar-refractivity contribution in [1.82, 2.24) is 9.55 Å². The molecule has 0 radical (unpaired) electrons. The Morgan fingerprint density at radius 1 is 1.33 bits per heavy atom. The molecule has 21 heavy (non-hydrogen) atoms. The Morgan fingerprint density at radius 2 is 2.10 bits per heavy atom. The number of halogens is 1. The number of ether oxygens (including phenoxy) is 1. The largest absolute Gasteiger partial charge is 0.385 e. The van der Waals surface area contributed by atoms with Gasteiger partial charge in [-0.15, -0.1) is 11.6 Å². The fourth-order valence-electron chi connectivity index (χ4n) is 2.67. The average molecular weight is 309 g/mol. The molecule has 0 saturated heterocycles. The zero-order valence-electron chi connectivity index (χ0n) is 13.4. The molecular formula is C17H25ClN2O. The molecule has 0 amide bonds. The number of imidazole rings is 1. The molecule has 0 aliphatic rings. The van der Waals surface area contributed by atoms with E-state index in [-0.39, 0.29) is 5.41 Å². The maximum atomic E-state index is 5.96. The first-order valence-electron chi connectivity index (χ1n) is 7.48.